The second-order valence-corrected chi connectivity index (χ2v) is 8.09. The second kappa shape index (κ2) is 9.73. The van der Waals surface area contributed by atoms with E-state index >= 15 is 0 Å². The maximum absolute atomic E-state index is 5.79. The summed E-state index contributed by atoms with van der Waals surface area (Å²) in [6, 6.07) is 22.7. The lowest BCUT2D eigenvalue weighted by molar-refractivity contribution is 1.34. The first-order valence-electron chi connectivity index (χ1n) is 8.00. The Labute approximate surface area is 168 Å². The Morgan fingerprint density at radius 1 is 0.800 bits per heavy atom. The van der Waals surface area contributed by atoms with E-state index in [4.69, 9.17) is 11.5 Å². The highest BCUT2D eigenvalue weighted by Crippen LogP contribution is 2.25. The molecule has 0 bridgehead atoms. The Kier molecular flexibility index (Phi) is 7.65. The Morgan fingerprint density at radius 2 is 1.40 bits per heavy atom. The number of benzene rings is 3. The molecule has 0 radical (unpaired) electrons. The number of rotatable bonds is 3. The van der Waals surface area contributed by atoms with Crippen molar-refractivity contribution in [1.29, 1.82) is 0 Å². The molecule has 4 N–H and O–H groups in total. The molecule has 0 aliphatic rings. The molecule has 130 valence electrons. The first-order chi connectivity index (χ1) is 12.0. The van der Waals surface area contributed by atoms with Gasteiger partial charge in [0.2, 0.25) is 0 Å². The van der Waals surface area contributed by atoms with Gasteiger partial charge >= 0.3 is 0 Å². The zero-order chi connectivity index (χ0) is 18.2. The number of nitrogens with two attached hydrogens (primary N) is 2. The molecule has 4 heteroatoms. The minimum atomic E-state index is 0.865. The molecule has 0 aliphatic heterocycles. The smallest absolute Gasteiger partial charge is 0.0344 e. The summed E-state index contributed by atoms with van der Waals surface area (Å²) in [5, 5.41) is 0. The van der Waals surface area contributed by atoms with E-state index in [9.17, 15) is 0 Å². The third-order valence-electron chi connectivity index (χ3n) is 3.72. The summed E-state index contributed by atoms with van der Waals surface area (Å²) >= 11 is 4.11. The minimum absolute atomic E-state index is 0.865. The fourth-order valence-corrected chi connectivity index (χ4v) is 3.72. The normalized spacial score (nSPS) is 10.0. The van der Waals surface area contributed by atoms with E-state index < -0.39 is 0 Å². The highest BCUT2D eigenvalue weighted by Gasteiger charge is 1.98. The molecular weight excluding hydrogens is 439 g/mol. The van der Waals surface area contributed by atoms with Crippen LogP contribution < -0.4 is 11.5 Å². The second-order valence-electron chi connectivity index (χ2n) is 5.79. The molecule has 0 aromatic heterocycles. The molecule has 0 atom stereocenters. The van der Waals surface area contributed by atoms with Crippen LogP contribution in [0.15, 0.2) is 71.6 Å². The van der Waals surface area contributed by atoms with Crippen molar-refractivity contribution < 1.29 is 0 Å². The van der Waals surface area contributed by atoms with Gasteiger partial charge in [-0.25, -0.2) is 0 Å². The number of halogens is 1. The molecule has 0 saturated carbocycles. The van der Waals surface area contributed by atoms with E-state index in [1.165, 1.54) is 14.0 Å². The van der Waals surface area contributed by atoms with Crippen molar-refractivity contribution >= 4 is 45.7 Å². The van der Waals surface area contributed by atoms with E-state index in [1.54, 1.807) is 0 Å². The van der Waals surface area contributed by atoms with E-state index in [-0.39, 0.29) is 0 Å². The number of anilines is 2. The molecule has 0 fully saturated rings. The van der Waals surface area contributed by atoms with Crippen LogP contribution in [0.2, 0.25) is 0 Å². The largest absolute Gasteiger partial charge is 0.399 e. The summed E-state index contributed by atoms with van der Waals surface area (Å²) in [7, 11) is 0. The lowest BCUT2D eigenvalue weighted by Crippen LogP contribution is -1.89. The molecule has 0 unspecified atom stereocenters. The van der Waals surface area contributed by atoms with Crippen molar-refractivity contribution in [3.8, 4) is 0 Å². The first-order valence-corrected chi connectivity index (χ1v) is 10.1. The van der Waals surface area contributed by atoms with Gasteiger partial charge in [0, 0.05) is 25.6 Å². The van der Waals surface area contributed by atoms with Crippen LogP contribution >= 0.6 is 34.4 Å². The fraction of sp³-hybridized carbons (Fsp3) is 0.143. The number of hydrogen-bond donors (Lipinski definition) is 2. The van der Waals surface area contributed by atoms with Crippen LogP contribution in [0, 0.1) is 17.4 Å². The lowest BCUT2D eigenvalue weighted by Gasteiger charge is -2.05. The van der Waals surface area contributed by atoms with Crippen LogP contribution in [0.1, 0.15) is 16.7 Å². The van der Waals surface area contributed by atoms with Crippen molar-refractivity contribution in [2.75, 3.05) is 11.5 Å². The Morgan fingerprint density at radius 3 is 1.96 bits per heavy atom. The average molecular weight is 462 g/mol. The standard InChI is InChI=1S/C14H15NS.C7H8IN/c1-11-9-13(7-8-14(11)15)16-10-12-5-3-2-4-6-12;1-5-4-6(8)2-3-7(5)9/h2-9H,10,15H2,1H3;2-4H,9H2,1H3. The molecule has 2 nitrogen and oxygen atoms in total. The van der Waals surface area contributed by atoms with Gasteiger partial charge < -0.3 is 11.5 Å². The monoisotopic (exact) mass is 462 g/mol. The lowest BCUT2D eigenvalue weighted by atomic mass is 10.2. The molecule has 0 spiro atoms. The Balaban J connectivity index is 0.000000212. The third-order valence-corrected chi connectivity index (χ3v) is 5.46. The van der Waals surface area contributed by atoms with Crippen molar-refractivity contribution in [1.82, 2.24) is 0 Å². The average Bonchev–Trinajstić information content (AvgIpc) is 2.61. The summed E-state index contributed by atoms with van der Waals surface area (Å²) in [6.07, 6.45) is 0. The summed E-state index contributed by atoms with van der Waals surface area (Å²) < 4.78 is 1.24. The summed E-state index contributed by atoms with van der Waals surface area (Å²) in [5.74, 6) is 1.00. The minimum Gasteiger partial charge on any atom is -0.399 e. The van der Waals surface area contributed by atoms with Gasteiger partial charge in [0.15, 0.2) is 0 Å². The van der Waals surface area contributed by atoms with Gasteiger partial charge in [-0.1, -0.05) is 30.3 Å². The zero-order valence-corrected chi connectivity index (χ0v) is 17.5. The van der Waals surface area contributed by atoms with E-state index in [2.05, 4.69) is 65.1 Å². The molecule has 3 rings (SSSR count). The zero-order valence-electron chi connectivity index (χ0n) is 14.5. The molecule has 3 aromatic rings. The predicted molar refractivity (Wildman–Crippen MR) is 120 cm³/mol. The van der Waals surface area contributed by atoms with Gasteiger partial charge in [0.05, 0.1) is 0 Å². The SMILES string of the molecule is Cc1cc(I)ccc1N.Cc1cc(SCc2ccccc2)ccc1N. The third kappa shape index (κ3) is 6.63. The van der Waals surface area contributed by atoms with Crippen LogP contribution in [0.4, 0.5) is 11.4 Å². The quantitative estimate of drug-likeness (QED) is 0.283. The van der Waals surface area contributed by atoms with Crippen LogP contribution in [0.5, 0.6) is 0 Å². The summed E-state index contributed by atoms with van der Waals surface area (Å²) in [4.78, 5) is 1.27. The molecule has 0 heterocycles. The molecule has 0 amide bonds. The highest BCUT2D eigenvalue weighted by molar-refractivity contribution is 14.1. The van der Waals surface area contributed by atoms with Crippen molar-refractivity contribution in [2.45, 2.75) is 24.5 Å². The van der Waals surface area contributed by atoms with Gasteiger partial charge in [-0.15, -0.1) is 11.8 Å². The fourth-order valence-electron chi connectivity index (χ4n) is 2.12. The van der Waals surface area contributed by atoms with Crippen molar-refractivity contribution in [3.05, 3.63) is 87.0 Å². The van der Waals surface area contributed by atoms with Crippen molar-refractivity contribution in [3.63, 3.8) is 0 Å². The van der Waals surface area contributed by atoms with Crippen LogP contribution in [0.25, 0.3) is 0 Å². The van der Waals surface area contributed by atoms with Gasteiger partial charge in [-0.3, -0.25) is 0 Å². The van der Waals surface area contributed by atoms with Crippen molar-refractivity contribution in [2.24, 2.45) is 0 Å². The highest BCUT2D eigenvalue weighted by atomic mass is 127. The topological polar surface area (TPSA) is 52.0 Å². The van der Waals surface area contributed by atoms with Gasteiger partial charge in [-0.2, -0.15) is 0 Å². The Hall–Kier alpha value is -1.66. The maximum atomic E-state index is 5.79. The maximum Gasteiger partial charge on any atom is 0.0344 e. The molecule has 3 aromatic carbocycles. The van der Waals surface area contributed by atoms with Crippen LogP contribution in [0.3, 0.4) is 0 Å². The van der Waals surface area contributed by atoms with E-state index in [0.29, 0.717) is 0 Å². The Bertz CT molecular complexity index is 819. The van der Waals surface area contributed by atoms with Crippen LogP contribution in [-0.4, -0.2) is 0 Å². The molecule has 25 heavy (non-hydrogen) atoms. The number of hydrogen-bond acceptors (Lipinski definition) is 3. The number of aryl methyl sites for hydroxylation is 2. The summed E-state index contributed by atoms with van der Waals surface area (Å²) in [5.41, 5.74) is 16.8. The van der Waals surface area contributed by atoms with E-state index in [0.717, 1.165) is 28.3 Å². The number of nitrogen functional groups attached to an aromatic ring is 2. The molecule has 0 aliphatic carbocycles. The molecule has 0 saturated heterocycles. The predicted octanol–water partition coefficient (Wildman–Crippen LogP) is 6.05. The molecular formula is C21H23IN2S. The summed E-state index contributed by atoms with van der Waals surface area (Å²) in [6.45, 7) is 4.05. The van der Waals surface area contributed by atoms with Gasteiger partial charge in [-0.05, 0) is 89.5 Å². The number of thioether (sulfide) groups is 1. The van der Waals surface area contributed by atoms with Gasteiger partial charge in [0.25, 0.3) is 0 Å². The van der Waals surface area contributed by atoms with E-state index in [1.807, 2.05) is 49.9 Å². The van der Waals surface area contributed by atoms with Crippen LogP contribution in [-0.2, 0) is 5.75 Å². The first kappa shape index (κ1) is 19.7. The van der Waals surface area contributed by atoms with Gasteiger partial charge in [0.1, 0.15) is 0 Å².